The van der Waals surface area contributed by atoms with Crippen molar-refractivity contribution in [3.8, 4) is 0 Å². The van der Waals surface area contributed by atoms with Crippen molar-refractivity contribution in [2.24, 2.45) is 0 Å². The summed E-state index contributed by atoms with van der Waals surface area (Å²) in [5, 5.41) is 7.23. The predicted octanol–water partition coefficient (Wildman–Crippen LogP) is 3.52. The van der Waals surface area contributed by atoms with Gasteiger partial charge < -0.3 is 15.5 Å². The Bertz CT molecular complexity index is 689. The lowest BCUT2D eigenvalue weighted by atomic mass is 10.1. The average molecular weight is 329 g/mol. The third kappa shape index (κ3) is 4.12. The number of benzene rings is 1. The van der Waals surface area contributed by atoms with E-state index in [0.717, 1.165) is 19.5 Å². The van der Waals surface area contributed by atoms with Crippen LogP contribution in [0.2, 0.25) is 0 Å². The number of carbonyl (C=O) groups excluding carboxylic acids is 1. The Hall–Kier alpha value is -1.85. The standard InChI is InChI=1S/C18H23N3OS/c1-13(17-11-15-5-3-4-6-16(15)23-17)20-18(22)19-12-14-7-9-21(2)10-8-14/h3-7,11,13H,8-10,12H2,1-2H3,(H2,19,20,22). The van der Waals surface area contributed by atoms with E-state index in [9.17, 15) is 4.79 Å². The molecule has 1 aromatic heterocycles. The second kappa shape index (κ2) is 7.15. The molecule has 1 aliphatic rings. The number of hydrogen-bond donors (Lipinski definition) is 2. The lowest BCUT2D eigenvalue weighted by molar-refractivity contribution is 0.238. The fourth-order valence-electron chi connectivity index (χ4n) is 2.70. The highest BCUT2D eigenvalue weighted by Gasteiger charge is 2.13. The molecule has 0 spiro atoms. The van der Waals surface area contributed by atoms with Gasteiger partial charge in [-0.25, -0.2) is 4.79 Å². The summed E-state index contributed by atoms with van der Waals surface area (Å²) in [7, 11) is 2.11. The van der Waals surface area contributed by atoms with Gasteiger partial charge in [-0.15, -0.1) is 11.3 Å². The molecule has 0 radical (unpaired) electrons. The lowest BCUT2D eigenvalue weighted by Gasteiger charge is -2.22. The molecule has 0 aliphatic carbocycles. The van der Waals surface area contributed by atoms with Gasteiger partial charge in [0.25, 0.3) is 0 Å². The maximum absolute atomic E-state index is 12.1. The van der Waals surface area contributed by atoms with Crippen molar-refractivity contribution >= 4 is 27.5 Å². The van der Waals surface area contributed by atoms with E-state index in [0.29, 0.717) is 6.54 Å². The summed E-state index contributed by atoms with van der Waals surface area (Å²) >= 11 is 1.73. The number of fused-ring (bicyclic) bond motifs is 1. The molecule has 122 valence electrons. The van der Waals surface area contributed by atoms with Crippen molar-refractivity contribution in [3.63, 3.8) is 0 Å². The molecule has 2 N–H and O–H groups in total. The molecule has 1 aliphatic heterocycles. The SMILES string of the molecule is CC(NC(=O)NCC1=CCN(C)CC1)c1cc2ccccc2s1. The Labute approximate surface area is 141 Å². The molecule has 4 nitrogen and oxygen atoms in total. The number of urea groups is 1. The van der Waals surface area contributed by atoms with Crippen LogP contribution in [0.15, 0.2) is 42.0 Å². The third-order valence-electron chi connectivity index (χ3n) is 4.20. The quantitative estimate of drug-likeness (QED) is 0.843. The summed E-state index contributed by atoms with van der Waals surface area (Å²) in [4.78, 5) is 15.5. The van der Waals surface area contributed by atoms with Gasteiger partial charge in [0.1, 0.15) is 0 Å². The van der Waals surface area contributed by atoms with Crippen LogP contribution in [0, 0.1) is 0 Å². The van der Waals surface area contributed by atoms with Crippen molar-refractivity contribution in [3.05, 3.63) is 46.9 Å². The molecule has 3 rings (SSSR count). The summed E-state index contributed by atoms with van der Waals surface area (Å²) in [6, 6.07) is 10.4. The highest BCUT2D eigenvalue weighted by molar-refractivity contribution is 7.19. The van der Waals surface area contributed by atoms with Crippen molar-refractivity contribution in [1.29, 1.82) is 0 Å². The van der Waals surface area contributed by atoms with Crippen LogP contribution in [0.4, 0.5) is 4.79 Å². The van der Waals surface area contributed by atoms with Gasteiger partial charge in [0, 0.05) is 29.2 Å². The maximum atomic E-state index is 12.1. The number of hydrogen-bond acceptors (Lipinski definition) is 3. The molecule has 1 aromatic carbocycles. The Morgan fingerprint density at radius 3 is 2.96 bits per heavy atom. The van der Waals surface area contributed by atoms with E-state index in [4.69, 9.17) is 0 Å². The Kier molecular flexibility index (Phi) is 4.98. The maximum Gasteiger partial charge on any atom is 0.315 e. The zero-order valence-corrected chi connectivity index (χ0v) is 14.5. The molecular weight excluding hydrogens is 306 g/mol. The smallest absolute Gasteiger partial charge is 0.315 e. The van der Waals surface area contributed by atoms with E-state index in [1.165, 1.54) is 20.5 Å². The number of nitrogens with zero attached hydrogens (tertiary/aromatic N) is 1. The van der Waals surface area contributed by atoms with Crippen molar-refractivity contribution < 1.29 is 4.79 Å². The second-order valence-electron chi connectivity index (χ2n) is 6.11. The third-order valence-corrected chi connectivity index (χ3v) is 5.50. The Balaban J connectivity index is 1.53. The molecule has 1 atom stereocenters. The number of nitrogens with one attached hydrogen (secondary N) is 2. The second-order valence-corrected chi connectivity index (χ2v) is 7.23. The van der Waals surface area contributed by atoms with Crippen LogP contribution in [-0.4, -0.2) is 37.6 Å². The minimum Gasteiger partial charge on any atom is -0.334 e. The van der Waals surface area contributed by atoms with E-state index >= 15 is 0 Å². The van der Waals surface area contributed by atoms with E-state index < -0.39 is 0 Å². The summed E-state index contributed by atoms with van der Waals surface area (Å²) in [5.41, 5.74) is 1.31. The zero-order valence-electron chi connectivity index (χ0n) is 13.6. The van der Waals surface area contributed by atoms with Gasteiger partial charge >= 0.3 is 6.03 Å². The summed E-state index contributed by atoms with van der Waals surface area (Å²) in [5.74, 6) is 0. The van der Waals surface area contributed by atoms with Crippen LogP contribution in [0.25, 0.3) is 10.1 Å². The fourth-order valence-corrected chi connectivity index (χ4v) is 3.77. The first-order chi connectivity index (χ1) is 11.1. The molecule has 0 saturated carbocycles. The van der Waals surface area contributed by atoms with Crippen LogP contribution < -0.4 is 10.6 Å². The van der Waals surface area contributed by atoms with Crippen LogP contribution in [0.5, 0.6) is 0 Å². The highest BCUT2D eigenvalue weighted by Crippen LogP contribution is 2.29. The van der Waals surface area contributed by atoms with E-state index in [-0.39, 0.29) is 12.1 Å². The van der Waals surface area contributed by atoms with Crippen molar-refractivity contribution in [1.82, 2.24) is 15.5 Å². The largest absolute Gasteiger partial charge is 0.334 e. The molecule has 1 unspecified atom stereocenters. The first-order valence-electron chi connectivity index (χ1n) is 8.01. The number of likely N-dealkylation sites (N-methyl/N-ethyl adjacent to an activating group) is 1. The zero-order chi connectivity index (χ0) is 16.2. The summed E-state index contributed by atoms with van der Waals surface area (Å²) in [6.45, 7) is 4.70. The first kappa shape index (κ1) is 16.0. The first-order valence-corrected chi connectivity index (χ1v) is 8.83. The van der Waals surface area contributed by atoms with Gasteiger partial charge in [-0.3, -0.25) is 0 Å². The van der Waals surface area contributed by atoms with E-state index in [1.54, 1.807) is 11.3 Å². The van der Waals surface area contributed by atoms with Crippen LogP contribution in [-0.2, 0) is 0 Å². The molecule has 23 heavy (non-hydrogen) atoms. The van der Waals surface area contributed by atoms with Gasteiger partial charge in [-0.05, 0) is 37.9 Å². The van der Waals surface area contributed by atoms with Gasteiger partial charge in [0.2, 0.25) is 0 Å². The fraction of sp³-hybridized carbons (Fsp3) is 0.389. The van der Waals surface area contributed by atoms with Gasteiger partial charge in [-0.2, -0.15) is 0 Å². The van der Waals surface area contributed by atoms with Crippen molar-refractivity contribution in [2.75, 3.05) is 26.7 Å². The summed E-state index contributed by atoms with van der Waals surface area (Å²) < 4.78 is 1.26. The Morgan fingerprint density at radius 2 is 2.22 bits per heavy atom. The number of amides is 2. The minimum atomic E-state index is -0.102. The summed E-state index contributed by atoms with van der Waals surface area (Å²) in [6.07, 6.45) is 3.24. The lowest BCUT2D eigenvalue weighted by Crippen LogP contribution is -2.38. The van der Waals surface area contributed by atoms with E-state index in [2.05, 4.69) is 46.9 Å². The molecular formula is C18H23N3OS. The number of carbonyl (C=O) groups is 1. The molecule has 0 bridgehead atoms. The minimum absolute atomic E-state index is 0.0128. The van der Waals surface area contributed by atoms with E-state index in [1.807, 2.05) is 19.1 Å². The monoisotopic (exact) mass is 329 g/mol. The predicted molar refractivity (Wildman–Crippen MR) is 97.0 cm³/mol. The van der Waals surface area contributed by atoms with Crippen LogP contribution in [0.3, 0.4) is 0 Å². The van der Waals surface area contributed by atoms with Gasteiger partial charge in [0.05, 0.1) is 6.04 Å². The molecule has 2 amide bonds. The van der Waals surface area contributed by atoms with Crippen LogP contribution in [0.1, 0.15) is 24.3 Å². The average Bonchev–Trinajstić information content (AvgIpc) is 2.98. The molecule has 2 heterocycles. The molecule has 5 heteroatoms. The van der Waals surface area contributed by atoms with Crippen molar-refractivity contribution in [2.45, 2.75) is 19.4 Å². The Morgan fingerprint density at radius 1 is 1.39 bits per heavy atom. The molecule has 0 fully saturated rings. The number of thiophene rings is 1. The highest BCUT2D eigenvalue weighted by atomic mass is 32.1. The topological polar surface area (TPSA) is 44.4 Å². The van der Waals surface area contributed by atoms with Gasteiger partial charge in [0.15, 0.2) is 0 Å². The normalized spacial score (nSPS) is 16.9. The number of rotatable bonds is 4. The van der Waals surface area contributed by atoms with Gasteiger partial charge in [-0.1, -0.05) is 29.8 Å². The molecule has 2 aromatic rings. The molecule has 0 saturated heterocycles. The van der Waals surface area contributed by atoms with Crippen LogP contribution >= 0.6 is 11.3 Å².